The second-order valence-electron chi connectivity index (χ2n) is 4.10. The summed E-state index contributed by atoms with van der Waals surface area (Å²) in [4.78, 5) is 0. The molecule has 108 valence electrons. The van der Waals surface area contributed by atoms with Crippen LogP contribution in [-0.4, -0.2) is 11.1 Å². The Kier molecular flexibility index (Phi) is 4.16. The highest BCUT2D eigenvalue weighted by atomic mass is 19.4. The van der Waals surface area contributed by atoms with Crippen LogP contribution in [0.15, 0.2) is 18.2 Å². The minimum absolute atomic E-state index is 0.275. The Hall–Kier alpha value is -1.28. The van der Waals surface area contributed by atoms with Gasteiger partial charge < -0.3 is 10.8 Å². The molecule has 0 bridgehead atoms. The standard InChI is InChI=1S/C11H11F6NO/c1-5(18)9(19)7-4-6(10(12,13)14)2-3-8(7)11(15,16)17/h2-5,9,19H,18H2,1H3/t5-,9-/m1/s1. The van der Waals surface area contributed by atoms with Gasteiger partial charge in [-0.2, -0.15) is 26.3 Å². The van der Waals surface area contributed by atoms with E-state index >= 15 is 0 Å². The van der Waals surface area contributed by atoms with Crippen molar-refractivity contribution in [1.82, 2.24) is 0 Å². The van der Waals surface area contributed by atoms with E-state index in [2.05, 4.69) is 0 Å². The predicted molar refractivity (Wildman–Crippen MR) is 55.1 cm³/mol. The Bertz CT molecular complexity index is 451. The van der Waals surface area contributed by atoms with Gasteiger partial charge in [-0.3, -0.25) is 0 Å². The normalized spacial score (nSPS) is 16.3. The molecule has 0 aliphatic heterocycles. The minimum atomic E-state index is -4.87. The van der Waals surface area contributed by atoms with E-state index in [0.29, 0.717) is 12.1 Å². The van der Waals surface area contributed by atoms with Gasteiger partial charge in [-0.25, -0.2) is 0 Å². The number of aliphatic hydroxyl groups is 1. The highest BCUT2D eigenvalue weighted by molar-refractivity contribution is 5.37. The van der Waals surface area contributed by atoms with Crippen molar-refractivity contribution in [1.29, 1.82) is 0 Å². The van der Waals surface area contributed by atoms with Crippen LogP contribution < -0.4 is 5.73 Å². The number of benzene rings is 1. The van der Waals surface area contributed by atoms with E-state index < -0.39 is 41.2 Å². The van der Waals surface area contributed by atoms with Crippen molar-refractivity contribution in [2.45, 2.75) is 31.4 Å². The molecule has 19 heavy (non-hydrogen) atoms. The lowest BCUT2D eigenvalue weighted by Gasteiger charge is -2.21. The molecule has 2 atom stereocenters. The molecule has 0 heterocycles. The van der Waals surface area contributed by atoms with Gasteiger partial charge in [0.15, 0.2) is 0 Å². The van der Waals surface area contributed by atoms with Gasteiger partial charge in [-0.05, 0) is 30.7 Å². The molecular formula is C11H11F6NO. The predicted octanol–water partition coefficient (Wildman–Crippen LogP) is 3.10. The second-order valence-corrected chi connectivity index (χ2v) is 4.10. The molecule has 0 amide bonds. The van der Waals surface area contributed by atoms with Crippen LogP contribution in [0.3, 0.4) is 0 Å². The van der Waals surface area contributed by atoms with E-state index in [0.717, 1.165) is 0 Å². The third-order valence-electron chi connectivity index (χ3n) is 2.50. The van der Waals surface area contributed by atoms with Gasteiger partial charge in [0.1, 0.15) is 0 Å². The fourth-order valence-electron chi connectivity index (χ4n) is 1.53. The lowest BCUT2D eigenvalue weighted by atomic mass is 9.95. The Labute approximate surface area is 104 Å². The minimum Gasteiger partial charge on any atom is -0.387 e. The summed E-state index contributed by atoms with van der Waals surface area (Å²) in [6.07, 6.45) is -11.5. The van der Waals surface area contributed by atoms with Crippen molar-refractivity contribution in [3.63, 3.8) is 0 Å². The van der Waals surface area contributed by atoms with Crippen LogP contribution in [-0.2, 0) is 12.4 Å². The molecular weight excluding hydrogens is 276 g/mol. The van der Waals surface area contributed by atoms with Gasteiger partial charge in [0.2, 0.25) is 0 Å². The van der Waals surface area contributed by atoms with Crippen molar-refractivity contribution in [2.24, 2.45) is 5.73 Å². The molecule has 3 N–H and O–H groups in total. The molecule has 0 fully saturated rings. The number of rotatable bonds is 2. The van der Waals surface area contributed by atoms with E-state index in [9.17, 15) is 31.4 Å². The number of aliphatic hydroxyl groups excluding tert-OH is 1. The van der Waals surface area contributed by atoms with Crippen molar-refractivity contribution in [3.8, 4) is 0 Å². The fraction of sp³-hybridized carbons (Fsp3) is 0.455. The summed E-state index contributed by atoms with van der Waals surface area (Å²) in [6.45, 7) is 1.20. The fourth-order valence-corrected chi connectivity index (χ4v) is 1.53. The zero-order chi connectivity index (χ0) is 15.0. The van der Waals surface area contributed by atoms with Gasteiger partial charge >= 0.3 is 12.4 Å². The summed E-state index contributed by atoms with van der Waals surface area (Å²) in [7, 11) is 0. The molecule has 0 radical (unpaired) electrons. The summed E-state index contributed by atoms with van der Waals surface area (Å²) in [5, 5.41) is 9.54. The molecule has 2 nitrogen and oxygen atoms in total. The van der Waals surface area contributed by atoms with Crippen LogP contribution in [0.4, 0.5) is 26.3 Å². The van der Waals surface area contributed by atoms with Crippen LogP contribution in [0, 0.1) is 0 Å². The number of hydrogen-bond acceptors (Lipinski definition) is 2. The molecule has 0 saturated heterocycles. The Morgan fingerprint density at radius 2 is 1.58 bits per heavy atom. The number of alkyl halides is 6. The van der Waals surface area contributed by atoms with E-state index in [1.165, 1.54) is 6.92 Å². The highest BCUT2D eigenvalue weighted by Gasteiger charge is 2.38. The molecule has 1 aromatic rings. The average Bonchev–Trinajstić information content (AvgIpc) is 2.24. The summed E-state index contributed by atoms with van der Waals surface area (Å²) >= 11 is 0. The maximum atomic E-state index is 12.7. The molecule has 0 aliphatic rings. The maximum absolute atomic E-state index is 12.7. The van der Waals surface area contributed by atoms with Gasteiger partial charge in [0.05, 0.1) is 17.2 Å². The number of halogens is 6. The average molecular weight is 287 g/mol. The van der Waals surface area contributed by atoms with Crippen LogP contribution in [0.5, 0.6) is 0 Å². The van der Waals surface area contributed by atoms with Crippen LogP contribution in [0.1, 0.15) is 29.7 Å². The Morgan fingerprint density at radius 1 is 1.05 bits per heavy atom. The van der Waals surface area contributed by atoms with Crippen molar-refractivity contribution < 1.29 is 31.4 Å². The largest absolute Gasteiger partial charge is 0.416 e. The van der Waals surface area contributed by atoms with Crippen LogP contribution in [0.2, 0.25) is 0 Å². The van der Waals surface area contributed by atoms with Gasteiger partial charge in [-0.15, -0.1) is 0 Å². The molecule has 1 rings (SSSR count). The lowest BCUT2D eigenvalue weighted by Crippen LogP contribution is -2.27. The number of hydrogen-bond donors (Lipinski definition) is 2. The molecule has 0 spiro atoms. The summed E-state index contributed by atoms with van der Waals surface area (Å²) in [6, 6.07) is -0.245. The highest BCUT2D eigenvalue weighted by Crippen LogP contribution is 2.39. The summed E-state index contributed by atoms with van der Waals surface area (Å²) in [5.41, 5.74) is 1.77. The zero-order valence-corrected chi connectivity index (χ0v) is 9.68. The van der Waals surface area contributed by atoms with Crippen LogP contribution >= 0.6 is 0 Å². The summed E-state index contributed by atoms with van der Waals surface area (Å²) < 4.78 is 75.4. The molecule has 0 aromatic heterocycles. The maximum Gasteiger partial charge on any atom is 0.416 e. The molecule has 0 aliphatic carbocycles. The first-order valence-electron chi connectivity index (χ1n) is 5.16. The Morgan fingerprint density at radius 3 is 1.95 bits per heavy atom. The first-order chi connectivity index (χ1) is 8.44. The lowest BCUT2D eigenvalue weighted by molar-refractivity contribution is -0.142. The van der Waals surface area contributed by atoms with E-state index in [4.69, 9.17) is 5.73 Å². The monoisotopic (exact) mass is 287 g/mol. The third-order valence-corrected chi connectivity index (χ3v) is 2.50. The molecule has 1 aromatic carbocycles. The molecule has 0 unspecified atom stereocenters. The quantitative estimate of drug-likeness (QED) is 0.821. The van der Waals surface area contributed by atoms with E-state index in [1.54, 1.807) is 0 Å². The van der Waals surface area contributed by atoms with Gasteiger partial charge in [0.25, 0.3) is 0 Å². The molecule has 0 saturated carbocycles. The first-order valence-corrected chi connectivity index (χ1v) is 5.16. The van der Waals surface area contributed by atoms with Crippen LogP contribution in [0.25, 0.3) is 0 Å². The van der Waals surface area contributed by atoms with Crippen molar-refractivity contribution >= 4 is 0 Å². The Balaban J connectivity index is 3.44. The molecule has 8 heteroatoms. The van der Waals surface area contributed by atoms with E-state index in [1.807, 2.05) is 0 Å². The number of nitrogens with two attached hydrogens (primary N) is 1. The van der Waals surface area contributed by atoms with Crippen molar-refractivity contribution in [2.75, 3.05) is 0 Å². The van der Waals surface area contributed by atoms with Crippen molar-refractivity contribution in [3.05, 3.63) is 34.9 Å². The SMILES string of the molecule is C[C@@H](N)[C@@H](O)c1cc(C(F)(F)F)ccc1C(F)(F)F. The topological polar surface area (TPSA) is 46.2 Å². The smallest absolute Gasteiger partial charge is 0.387 e. The summed E-state index contributed by atoms with van der Waals surface area (Å²) in [5.74, 6) is 0. The van der Waals surface area contributed by atoms with Gasteiger partial charge in [-0.1, -0.05) is 0 Å². The third kappa shape index (κ3) is 3.60. The first kappa shape index (κ1) is 15.8. The van der Waals surface area contributed by atoms with Gasteiger partial charge in [0, 0.05) is 6.04 Å². The second kappa shape index (κ2) is 5.01. The zero-order valence-electron chi connectivity index (χ0n) is 9.68. The van der Waals surface area contributed by atoms with E-state index in [-0.39, 0.29) is 6.07 Å².